The second-order valence-corrected chi connectivity index (χ2v) is 6.44. The standard InChI is InChI=1S/C16H13ClN4O2S/c1-11-6-7-13(8-14(11)17)20-10-18-19-16(20)24-9-12-4-2-3-5-15(12)21(22)23/h2-8,10H,9H2,1H3. The third-order valence-corrected chi connectivity index (χ3v) is 4.89. The van der Waals surface area contributed by atoms with Crippen LogP contribution in [0.3, 0.4) is 0 Å². The minimum Gasteiger partial charge on any atom is -0.277 e. The molecule has 3 aromatic rings. The molecule has 0 atom stereocenters. The molecular weight excluding hydrogens is 348 g/mol. The molecule has 122 valence electrons. The number of nitro groups is 1. The maximum Gasteiger partial charge on any atom is 0.273 e. The lowest BCUT2D eigenvalue weighted by molar-refractivity contribution is -0.385. The van der Waals surface area contributed by atoms with Crippen molar-refractivity contribution in [1.82, 2.24) is 14.8 Å². The van der Waals surface area contributed by atoms with Crippen LogP contribution >= 0.6 is 23.4 Å². The molecule has 0 aliphatic heterocycles. The van der Waals surface area contributed by atoms with Gasteiger partial charge in [0.2, 0.25) is 0 Å². The van der Waals surface area contributed by atoms with E-state index in [1.807, 2.05) is 29.7 Å². The number of hydrogen-bond donors (Lipinski definition) is 0. The number of halogens is 1. The summed E-state index contributed by atoms with van der Waals surface area (Å²) in [6, 6.07) is 12.4. The summed E-state index contributed by atoms with van der Waals surface area (Å²) in [5, 5.41) is 20.4. The van der Waals surface area contributed by atoms with Crippen LogP contribution in [-0.2, 0) is 5.75 Å². The van der Waals surface area contributed by atoms with Gasteiger partial charge in [0, 0.05) is 22.4 Å². The fourth-order valence-electron chi connectivity index (χ4n) is 2.18. The summed E-state index contributed by atoms with van der Waals surface area (Å²) in [7, 11) is 0. The Morgan fingerprint density at radius 2 is 2.08 bits per heavy atom. The van der Waals surface area contributed by atoms with Crippen molar-refractivity contribution in [2.45, 2.75) is 17.8 Å². The van der Waals surface area contributed by atoms with Crippen molar-refractivity contribution in [2.24, 2.45) is 0 Å². The maximum absolute atomic E-state index is 11.1. The van der Waals surface area contributed by atoms with Gasteiger partial charge in [0.05, 0.1) is 10.6 Å². The molecule has 3 rings (SSSR count). The second kappa shape index (κ2) is 7.02. The van der Waals surface area contributed by atoms with Crippen LogP contribution < -0.4 is 0 Å². The first-order valence-electron chi connectivity index (χ1n) is 7.08. The van der Waals surface area contributed by atoms with Crippen LogP contribution in [-0.4, -0.2) is 19.7 Å². The largest absolute Gasteiger partial charge is 0.277 e. The molecular formula is C16H13ClN4O2S. The zero-order chi connectivity index (χ0) is 17.1. The minimum absolute atomic E-state index is 0.106. The van der Waals surface area contributed by atoms with Crippen molar-refractivity contribution in [1.29, 1.82) is 0 Å². The summed E-state index contributed by atoms with van der Waals surface area (Å²) in [5.41, 5.74) is 2.58. The van der Waals surface area contributed by atoms with Crippen LogP contribution in [0.4, 0.5) is 5.69 Å². The van der Waals surface area contributed by atoms with Crippen molar-refractivity contribution in [3.8, 4) is 5.69 Å². The van der Waals surface area contributed by atoms with Crippen LogP contribution in [0.5, 0.6) is 0 Å². The quantitative estimate of drug-likeness (QED) is 0.382. The van der Waals surface area contributed by atoms with E-state index in [0.29, 0.717) is 21.5 Å². The third-order valence-electron chi connectivity index (χ3n) is 3.50. The Morgan fingerprint density at radius 3 is 2.83 bits per heavy atom. The monoisotopic (exact) mass is 360 g/mol. The van der Waals surface area contributed by atoms with Crippen LogP contribution in [0.25, 0.3) is 5.69 Å². The van der Waals surface area contributed by atoms with Crippen LogP contribution in [0.1, 0.15) is 11.1 Å². The van der Waals surface area contributed by atoms with Gasteiger partial charge in [-0.25, -0.2) is 0 Å². The SMILES string of the molecule is Cc1ccc(-n2cnnc2SCc2ccccc2[N+](=O)[O-])cc1Cl. The van der Waals surface area contributed by atoms with Crippen molar-refractivity contribution in [3.05, 3.63) is 75.1 Å². The second-order valence-electron chi connectivity index (χ2n) is 5.09. The van der Waals surface area contributed by atoms with Gasteiger partial charge in [-0.15, -0.1) is 10.2 Å². The molecule has 0 saturated carbocycles. The molecule has 0 aliphatic carbocycles. The van der Waals surface area contributed by atoms with E-state index >= 15 is 0 Å². The van der Waals surface area contributed by atoms with Gasteiger partial charge in [-0.1, -0.05) is 47.6 Å². The molecule has 24 heavy (non-hydrogen) atoms. The van der Waals surface area contributed by atoms with Gasteiger partial charge >= 0.3 is 0 Å². The van der Waals surface area contributed by atoms with E-state index in [2.05, 4.69) is 10.2 Å². The van der Waals surface area contributed by atoms with E-state index in [4.69, 9.17) is 11.6 Å². The third kappa shape index (κ3) is 3.42. The number of rotatable bonds is 5. The molecule has 0 bridgehead atoms. The number of nitrogens with zero attached hydrogens (tertiary/aromatic N) is 4. The average Bonchev–Trinajstić information content (AvgIpc) is 3.04. The molecule has 0 saturated heterocycles. The number of hydrogen-bond acceptors (Lipinski definition) is 5. The topological polar surface area (TPSA) is 73.8 Å². The Hall–Kier alpha value is -2.38. The Kier molecular flexibility index (Phi) is 4.82. The van der Waals surface area contributed by atoms with Gasteiger partial charge in [0.15, 0.2) is 5.16 Å². The van der Waals surface area contributed by atoms with Crippen LogP contribution in [0.2, 0.25) is 5.02 Å². The number of para-hydroxylation sites is 1. The molecule has 0 spiro atoms. The smallest absolute Gasteiger partial charge is 0.273 e. The van der Waals surface area contributed by atoms with Gasteiger partial charge in [0.1, 0.15) is 6.33 Å². The highest BCUT2D eigenvalue weighted by Crippen LogP contribution is 2.28. The maximum atomic E-state index is 11.1. The lowest BCUT2D eigenvalue weighted by Gasteiger charge is -2.08. The van der Waals surface area contributed by atoms with E-state index in [1.54, 1.807) is 24.5 Å². The molecule has 8 heteroatoms. The van der Waals surface area contributed by atoms with Gasteiger partial charge in [-0.3, -0.25) is 14.7 Å². The number of aromatic nitrogens is 3. The Balaban J connectivity index is 1.84. The van der Waals surface area contributed by atoms with E-state index in [0.717, 1.165) is 11.3 Å². The van der Waals surface area contributed by atoms with Crippen molar-refractivity contribution >= 4 is 29.1 Å². The van der Waals surface area contributed by atoms with Crippen LogP contribution in [0, 0.1) is 17.0 Å². The molecule has 1 aromatic heterocycles. The van der Waals surface area contributed by atoms with E-state index in [9.17, 15) is 10.1 Å². The summed E-state index contributed by atoms with van der Waals surface area (Å²) >= 11 is 7.56. The Bertz CT molecular complexity index is 897. The first-order chi connectivity index (χ1) is 11.6. The molecule has 6 nitrogen and oxygen atoms in total. The van der Waals surface area contributed by atoms with Gasteiger partial charge < -0.3 is 0 Å². The molecule has 0 N–H and O–H groups in total. The summed E-state index contributed by atoms with van der Waals surface area (Å²) in [5.74, 6) is 0.426. The van der Waals surface area contributed by atoms with E-state index in [1.165, 1.54) is 17.8 Å². The highest BCUT2D eigenvalue weighted by molar-refractivity contribution is 7.98. The van der Waals surface area contributed by atoms with Gasteiger partial charge in [0.25, 0.3) is 5.69 Å². The number of aryl methyl sites for hydroxylation is 1. The van der Waals surface area contributed by atoms with Gasteiger partial charge in [-0.05, 0) is 24.6 Å². The normalized spacial score (nSPS) is 10.8. The molecule has 1 heterocycles. The Morgan fingerprint density at radius 1 is 1.29 bits per heavy atom. The number of nitro benzene ring substituents is 1. The zero-order valence-corrected chi connectivity index (χ0v) is 14.3. The van der Waals surface area contributed by atoms with Crippen molar-refractivity contribution in [3.63, 3.8) is 0 Å². The van der Waals surface area contributed by atoms with Crippen molar-refractivity contribution < 1.29 is 4.92 Å². The summed E-state index contributed by atoms with van der Waals surface area (Å²) in [6.45, 7) is 1.93. The first-order valence-corrected chi connectivity index (χ1v) is 8.44. The molecule has 0 unspecified atom stereocenters. The highest BCUT2D eigenvalue weighted by atomic mass is 35.5. The number of benzene rings is 2. The number of thioether (sulfide) groups is 1. The van der Waals surface area contributed by atoms with Gasteiger partial charge in [-0.2, -0.15) is 0 Å². The van der Waals surface area contributed by atoms with E-state index < -0.39 is 0 Å². The lowest BCUT2D eigenvalue weighted by Crippen LogP contribution is -1.97. The zero-order valence-electron chi connectivity index (χ0n) is 12.7. The average molecular weight is 361 g/mol. The lowest BCUT2D eigenvalue weighted by atomic mass is 10.2. The molecule has 0 radical (unpaired) electrons. The molecule has 0 amide bonds. The Labute approximate surface area is 147 Å². The van der Waals surface area contributed by atoms with Crippen LogP contribution in [0.15, 0.2) is 53.9 Å². The minimum atomic E-state index is -0.375. The highest BCUT2D eigenvalue weighted by Gasteiger charge is 2.15. The molecule has 0 fully saturated rings. The predicted octanol–water partition coefficient (Wildman–Crippen LogP) is 4.43. The van der Waals surface area contributed by atoms with Crippen molar-refractivity contribution in [2.75, 3.05) is 0 Å². The molecule has 0 aliphatic rings. The summed E-state index contributed by atoms with van der Waals surface area (Å²) < 4.78 is 1.81. The van der Waals surface area contributed by atoms with E-state index in [-0.39, 0.29) is 10.6 Å². The first kappa shape index (κ1) is 16.5. The summed E-state index contributed by atoms with van der Waals surface area (Å²) in [6.07, 6.45) is 1.60. The fraction of sp³-hybridized carbons (Fsp3) is 0.125. The summed E-state index contributed by atoms with van der Waals surface area (Å²) in [4.78, 5) is 10.7. The predicted molar refractivity (Wildman–Crippen MR) is 93.8 cm³/mol. The fourth-order valence-corrected chi connectivity index (χ4v) is 3.28. The molecule has 2 aromatic carbocycles.